The van der Waals surface area contributed by atoms with Gasteiger partial charge in [-0.2, -0.15) is 5.10 Å². The van der Waals surface area contributed by atoms with Crippen LogP contribution in [0.5, 0.6) is 0 Å². The van der Waals surface area contributed by atoms with Gasteiger partial charge < -0.3 is 5.32 Å². The number of carbonyl (C=O) groups excluding carboxylic acids is 1. The lowest BCUT2D eigenvalue weighted by Gasteiger charge is -2.29. The van der Waals surface area contributed by atoms with E-state index in [1.165, 1.54) is 10.6 Å². The van der Waals surface area contributed by atoms with Crippen molar-refractivity contribution in [2.24, 2.45) is 11.3 Å². The molecule has 10 heteroatoms. The van der Waals surface area contributed by atoms with E-state index in [-0.39, 0.29) is 17.2 Å². The maximum atomic E-state index is 12.6. The molecule has 1 amide bonds. The molecule has 0 aromatic carbocycles. The van der Waals surface area contributed by atoms with Crippen LogP contribution < -0.4 is 5.32 Å². The van der Waals surface area contributed by atoms with Crippen LogP contribution in [0.4, 0.5) is 5.82 Å². The maximum Gasteiger partial charge on any atom is 0.225 e. The number of piperidine rings is 1. The first-order valence-electron chi connectivity index (χ1n) is 10.5. The predicted octanol–water partition coefficient (Wildman–Crippen LogP) is 3.18. The second-order valence-electron chi connectivity index (χ2n) is 9.41. The summed E-state index contributed by atoms with van der Waals surface area (Å²) in [7, 11) is -3.17. The average Bonchev–Trinajstić information content (AvgIpc) is 3.18. The molecule has 1 fully saturated rings. The molecule has 0 unspecified atom stereocenters. The third kappa shape index (κ3) is 4.94. The molecule has 0 atom stereocenters. The molecule has 8 nitrogen and oxygen atoms in total. The summed E-state index contributed by atoms with van der Waals surface area (Å²) in [5.41, 5.74) is 3.09. The van der Waals surface area contributed by atoms with Crippen molar-refractivity contribution in [3.05, 3.63) is 29.2 Å². The number of nitrogens with one attached hydrogen (secondary N) is 1. The Kier molecular flexibility index (Phi) is 5.87. The molecule has 0 aliphatic carbocycles. The topological polar surface area (TPSA) is 97.2 Å². The Hall–Kier alpha value is -1.97. The summed E-state index contributed by atoms with van der Waals surface area (Å²) in [5.74, 6) is 0.487. The van der Waals surface area contributed by atoms with Crippen molar-refractivity contribution >= 4 is 33.3 Å². The normalized spacial score (nSPS) is 19.4. The third-order valence-electron chi connectivity index (χ3n) is 6.10. The van der Waals surface area contributed by atoms with Crippen LogP contribution in [-0.2, 0) is 27.8 Å². The first-order valence-corrected chi connectivity index (χ1v) is 12.7. The molecule has 0 spiro atoms. The molecular weight excluding hydrogens is 438 g/mol. The van der Waals surface area contributed by atoms with Gasteiger partial charge in [-0.15, -0.1) is 0 Å². The highest BCUT2D eigenvalue weighted by Gasteiger charge is 2.32. The van der Waals surface area contributed by atoms with Crippen molar-refractivity contribution in [3.63, 3.8) is 0 Å². The molecule has 1 N–H and O–H groups in total. The summed E-state index contributed by atoms with van der Waals surface area (Å²) in [5, 5.41) is 7.90. The second kappa shape index (κ2) is 8.18. The maximum absolute atomic E-state index is 12.6. The molecule has 4 heterocycles. The van der Waals surface area contributed by atoms with Gasteiger partial charge >= 0.3 is 0 Å². The second-order valence-corrected chi connectivity index (χ2v) is 11.8. The lowest BCUT2D eigenvalue weighted by Crippen LogP contribution is -2.38. The Morgan fingerprint density at radius 2 is 1.97 bits per heavy atom. The van der Waals surface area contributed by atoms with Crippen LogP contribution in [0.25, 0.3) is 11.1 Å². The number of halogens is 1. The van der Waals surface area contributed by atoms with Crippen LogP contribution in [0.2, 0.25) is 5.02 Å². The highest BCUT2D eigenvalue weighted by molar-refractivity contribution is 7.88. The van der Waals surface area contributed by atoms with Gasteiger partial charge in [0.2, 0.25) is 15.9 Å². The number of rotatable bonds is 5. The van der Waals surface area contributed by atoms with Crippen LogP contribution in [0.3, 0.4) is 0 Å². The highest BCUT2D eigenvalue weighted by atomic mass is 35.5. The fourth-order valence-electron chi connectivity index (χ4n) is 4.49. The number of amides is 1. The van der Waals surface area contributed by atoms with E-state index in [1.54, 1.807) is 12.3 Å². The monoisotopic (exact) mass is 465 g/mol. The average molecular weight is 466 g/mol. The Bertz CT molecular complexity index is 1100. The van der Waals surface area contributed by atoms with Gasteiger partial charge in [-0.25, -0.2) is 17.7 Å². The van der Waals surface area contributed by atoms with E-state index >= 15 is 0 Å². The van der Waals surface area contributed by atoms with E-state index in [9.17, 15) is 13.2 Å². The molecule has 1 saturated heterocycles. The Labute approximate surface area is 188 Å². The van der Waals surface area contributed by atoms with Crippen molar-refractivity contribution in [2.75, 3.05) is 24.7 Å². The largest absolute Gasteiger partial charge is 0.311 e. The molecule has 0 radical (unpaired) electrons. The van der Waals surface area contributed by atoms with Gasteiger partial charge in [0.1, 0.15) is 5.82 Å². The minimum Gasteiger partial charge on any atom is -0.311 e. The van der Waals surface area contributed by atoms with Crippen LogP contribution in [0.15, 0.2) is 18.5 Å². The number of hydrogen-bond donors (Lipinski definition) is 1. The highest BCUT2D eigenvalue weighted by Crippen LogP contribution is 2.39. The van der Waals surface area contributed by atoms with Gasteiger partial charge in [-0.05, 0) is 36.7 Å². The van der Waals surface area contributed by atoms with Gasteiger partial charge in [0, 0.05) is 49.1 Å². The summed E-state index contributed by atoms with van der Waals surface area (Å²) >= 11 is 6.44. The Balaban J connectivity index is 1.43. The molecule has 0 saturated carbocycles. The lowest BCUT2D eigenvalue weighted by molar-refractivity contribution is -0.117. The van der Waals surface area contributed by atoms with Crippen LogP contribution in [-0.4, -0.2) is 52.7 Å². The number of anilines is 1. The van der Waals surface area contributed by atoms with Crippen LogP contribution >= 0.6 is 11.6 Å². The number of sulfonamides is 1. The zero-order chi connectivity index (χ0) is 22.4. The first kappa shape index (κ1) is 22.2. The van der Waals surface area contributed by atoms with Gasteiger partial charge in [-0.1, -0.05) is 25.4 Å². The van der Waals surface area contributed by atoms with Gasteiger partial charge in [-0.3, -0.25) is 9.48 Å². The van der Waals surface area contributed by atoms with Crippen molar-refractivity contribution in [2.45, 2.75) is 46.1 Å². The lowest BCUT2D eigenvalue weighted by atomic mass is 9.89. The first-order chi connectivity index (χ1) is 14.5. The molecule has 2 aliphatic heterocycles. The standard InChI is InChI=1S/C21H28ClN5O3S/c1-21(2)10-18-16(11-24-27(18)13-21)15-9-19(23-12-17(15)22)25-20(28)8-14-4-6-26(7-5-14)31(3,29)30/h9,11-12,14H,4-8,10,13H2,1-3H3,(H,23,25,28). The number of carbonyl (C=O) groups is 1. The van der Waals surface area contributed by atoms with Crippen LogP contribution in [0, 0.1) is 11.3 Å². The smallest absolute Gasteiger partial charge is 0.225 e. The van der Waals surface area contributed by atoms with Gasteiger partial charge in [0.05, 0.1) is 17.5 Å². The number of fused-ring (bicyclic) bond motifs is 1. The van der Waals surface area contributed by atoms with E-state index in [0.29, 0.717) is 43.2 Å². The molecule has 2 aromatic heterocycles. The minimum absolute atomic E-state index is 0.125. The van der Waals surface area contributed by atoms with E-state index in [1.807, 2.05) is 10.9 Å². The molecule has 168 valence electrons. The third-order valence-corrected chi connectivity index (χ3v) is 7.71. The molecule has 2 aromatic rings. The molecule has 0 bridgehead atoms. The molecule has 4 rings (SSSR count). The fraction of sp³-hybridized carbons (Fsp3) is 0.571. The van der Waals surface area contributed by atoms with Gasteiger partial charge in [0.15, 0.2) is 0 Å². The SMILES string of the molecule is CC1(C)Cc2c(-c3cc(NC(=O)CC4CCN(S(C)(=O)=O)CC4)ncc3Cl)cnn2C1. The number of hydrogen-bond acceptors (Lipinski definition) is 5. The van der Waals surface area contributed by atoms with Crippen molar-refractivity contribution in [1.29, 1.82) is 0 Å². The van der Waals surface area contributed by atoms with Crippen molar-refractivity contribution in [3.8, 4) is 11.1 Å². The number of aromatic nitrogens is 3. The summed E-state index contributed by atoms with van der Waals surface area (Å²) in [6.07, 6.45) is 7.22. The van der Waals surface area contributed by atoms with E-state index in [4.69, 9.17) is 11.6 Å². The summed E-state index contributed by atoms with van der Waals surface area (Å²) in [6.45, 7) is 6.22. The number of nitrogens with zero attached hydrogens (tertiary/aromatic N) is 4. The van der Waals surface area contributed by atoms with Gasteiger partial charge in [0.25, 0.3) is 0 Å². The zero-order valence-corrected chi connectivity index (χ0v) is 19.6. The predicted molar refractivity (Wildman–Crippen MR) is 120 cm³/mol. The van der Waals surface area contributed by atoms with Crippen molar-refractivity contribution in [1.82, 2.24) is 19.1 Å². The quantitative estimate of drug-likeness (QED) is 0.731. The van der Waals surface area contributed by atoms with E-state index in [2.05, 4.69) is 29.2 Å². The summed E-state index contributed by atoms with van der Waals surface area (Å²) < 4.78 is 26.8. The molecule has 31 heavy (non-hydrogen) atoms. The Morgan fingerprint density at radius 1 is 1.26 bits per heavy atom. The molecular formula is C21H28ClN5O3S. The Morgan fingerprint density at radius 3 is 2.65 bits per heavy atom. The fourth-order valence-corrected chi connectivity index (χ4v) is 5.57. The molecule has 2 aliphatic rings. The number of pyridine rings is 1. The summed E-state index contributed by atoms with van der Waals surface area (Å²) in [6, 6.07) is 1.80. The van der Waals surface area contributed by atoms with E-state index in [0.717, 1.165) is 29.8 Å². The van der Waals surface area contributed by atoms with Crippen molar-refractivity contribution < 1.29 is 13.2 Å². The minimum atomic E-state index is -3.17. The van der Waals surface area contributed by atoms with E-state index < -0.39 is 10.0 Å². The zero-order valence-electron chi connectivity index (χ0n) is 18.1. The summed E-state index contributed by atoms with van der Waals surface area (Å²) in [4.78, 5) is 16.9. The van der Waals surface area contributed by atoms with Crippen LogP contribution in [0.1, 0.15) is 38.8 Å².